The van der Waals surface area contributed by atoms with Crippen LogP contribution < -0.4 is 17.0 Å². The molecule has 3 aromatic rings. The Morgan fingerprint density at radius 2 is 2.10 bits per heavy atom. The number of nitrogens with two attached hydrogens (primary N) is 2. The minimum Gasteiger partial charge on any atom is -0.404 e. The number of allylic oxidation sites excluding steroid dienone is 1. The number of H-pyrrole nitrogens is 1. The Bertz CT molecular complexity index is 1270. The first-order valence-corrected chi connectivity index (χ1v) is 9.19. The van der Waals surface area contributed by atoms with Crippen molar-refractivity contribution in [2.24, 2.45) is 16.5 Å². The van der Waals surface area contributed by atoms with Crippen LogP contribution in [-0.4, -0.2) is 23.0 Å². The number of rotatable bonds is 4. The van der Waals surface area contributed by atoms with E-state index in [0.717, 1.165) is 0 Å². The summed E-state index contributed by atoms with van der Waals surface area (Å²) in [4.78, 5) is 20.1. The summed E-state index contributed by atoms with van der Waals surface area (Å²) >= 11 is 12.6. The minimum atomic E-state index is -0.415. The lowest BCUT2D eigenvalue weighted by atomic mass is 9.93. The first kappa shape index (κ1) is 20.6. The summed E-state index contributed by atoms with van der Waals surface area (Å²) in [7, 11) is 1.59. The number of benzene rings is 2. The van der Waals surface area contributed by atoms with Crippen LogP contribution in [0.1, 0.15) is 16.8 Å². The lowest BCUT2D eigenvalue weighted by Crippen LogP contribution is -2.14. The normalized spacial score (nSPS) is 12.2. The van der Waals surface area contributed by atoms with Crippen LogP contribution in [0.2, 0.25) is 10.0 Å². The Morgan fingerprint density at radius 3 is 2.72 bits per heavy atom. The average Bonchev–Trinajstić information content (AvgIpc) is 2.71. The molecule has 9 heteroatoms. The summed E-state index contributed by atoms with van der Waals surface area (Å²) in [5.74, 6) is 0. The van der Waals surface area contributed by atoms with Crippen molar-refractivity contribution >= 4 is 50.9 Å². The van der Waals surface area contributed by atoms with Gasteiger partial charge in [-0.2, -0.15) is 5.10 Å². The van der Waals surface area contributed by atoms with E-state index in [-0.39, 0.29) is 17.3 Å². The molecule has 0 aliphatic heterocycles. The lowest BCUT2D eigenvalue weighted by molar-refractivity contribution is 0.900. The number of nitrogens with one attached hydrogen (secondary N) is 1. The second-order valence-electron chi connectivity index (χ2n) is 5.98. The second kappa shape index (κ2) is 8.45. The smallest absolute Gasteiger partial charge is 0.273 e. The van der Waals surface area contributed by atoms with Crippen LogP contribution in [0.5, 0.6) is 0 Å². The van der Waals surface area contributed by atoms with E-state index in [2.05, 4.69) is 20.0 Å². The predicted molar refractivity (Wildman–Crippen MR) is 118 cm³/mol. The molecule has 29 heavy (non-hydrogen) atoms. The molecular formula is C20H16Cl2N6O. The third-order valence-electron chi connectivity index (χ3n) is 4.42. The molecule has 146 valence electrons. The Hall–Kier alpha value is -3.18. The van der Waals surface area contributed by atoms with E-state index in [1.54, 1.807) is 37.4 Å². The van der Waals surface area contributed by atoms with Gasteiger partial charge in [0.15, 0.2) is 0 Å². The quantitative estimate of drug-likeness (QED) is 0.436. The van der Waals surface area contributed by atoms with Crippen LogP contribution in [0.3, 0.4) is 0 Å². The fraction of sp³-hybridized carbons (Fsp3) is 0.100. The van der Waals surface area contributed by atoms with E-state index in [1.807, 2.05) is 0 Å². The molecule has 5 N–H and O–H groups in total. The van der Waals surface area contributed by atoms with Crippen molar-refractivity contribution in [2.45, 2.75) is 6.54 Å². The molecule has 7 nitrogen and oxygen atoms in total. The number of hydrogen-bond acceptors (Lipinski definition) is 5. The zero-order valence-corrected chi connectivity index (χ0v) is 16.8. The Labute approximate surface area is 176 Å². The van der Waals surface area contributed by atoms with Crippen LogP contribution in [0.25, 0.3) is 21.2 Å². The Morgan fingerprint density at radius 1 is 1.34 bits per heavy atom. The van der Waals surface area contributed by atoms with Crippen molar-refractivity contribution in [1.82, 2.24) is 10.2 Å². The SMILES string of the molecule is [C-]#[N+]c1c(Cl)cccc1C(=NC)/C(=C\N)c1cc(Cl)c2c(=O)[nH]nc(CN)c2c1. The molecule has 0 atom stereocenters. The molecule has 0 fully saturated rings. The van der Waals surface area contributed by atoms with Gasteiger partial charge in [0.2, 0.25) is 5.69 Å². The topological polar surface area (TPSA) is 115 Å². The molecule has 0 saturated heterocycles. The van der Waals surface area contributed by atoms with Gasteiger partial charge in [0, 0.05) is 41.3 Å². The molecule has 0 bridgehead atoms. The van der Waals surface area contributed by atoms with Crippen LogP contribution >= 0.6 is 23.2 Å². The molecule has 2 aromatic carbocycles. The number of fused-ring (bicyclic) bond motifs is 1. The van der Waals surface area contributed by atoms with Gasteiger partial charge < -0.3 is 11.5 Å². The lowest BCUT2D eigenvalue weighted by Gasteiger charge is -2.15. The van der Waals surface area contributed by atoms with Crippen LogP contribution in [0.4, 0.5) is 5.69 Å². The molecule has 0 amide bonds. The van der Waals surface area contributed by atoms with E-state index >= 15 is 0 Å². The summed E-state index contributed by atoms with van der Waals surface area (Å²) in [6.07, 6.45) is 1.37. The van der Waals surface area contributed by atoms with Gasteiger partial charge in [0.25, 0.3) is 5.56 Å². The molecule has 0 aliphatic carbocycles. The standard InChI is InChI=1S/C20H16Cl2N6O/c1-25-18(11-4-3-5-14(21)19(11)26-2)13(8-23)10-6-12-16(9-24)27-28-20(29)17(12)15(22)7-10/h3-8H,9,23-24H2,1H3,(H,28,29)/b13-8-,25-18?. The van der Waals surface area contributed by atoms with Gasteiger partial charge in [-0.25, -0.2) is 9.94 Å². The highest BCUT2D eigenvalue weighted by atomic mass is 35.5. The molecule has 0 spiro atoms. The van der Waals surface area contributed by atoms with Crippen molar-refractivity contribution in [3.63, 3.8) is 0 Å². The number of aromatic amines is 1. The van der Waals surface area contributed by atoms with Crippen molar-refractivity contribution in [2.75, 3.05) is 7.05 Å². The molecular weight excluding hydrogens is 411 g/mol. The number of halogens is 2. The van der Waals surface area contributed by atoms with Gasteiger partial charge in [-0.15, -0.1) is 0 Å². The first-order chi connectivity index (χ1) is 14.0. The second-order valence-corrected chi connectivity index (χ2v) is 6.80. The highest BCUT2D eigenvalue weighted by Gasteiger charge is 2.19. The highest BCUT2D eigenvalue weighted by Crippen LogP contribution is 2.34. The fourth-order valence-corrected chi connectivity index (χ4v) is 3.65. The number of nitrogens with zero attached hydrogens (tertiary/aromatic N) is 3. The van der Waals surface area contributed by atoms with Gasteiger partial charge in [-0.05, 0) is 17.7 Å². The van der Waals surface area contributed by atoms with Crippen LogP contribution in [0, 0.1) is 6.57 Å². The summed E-state index contributed by atoms with van der Waals surface area (Å²) in [5.41, 5.74) is 14.2. The van der Waals surface area contributed by atoms with E-state index < -0.39 is 5.56 Å². The van der Waals surface area contributed by atoms with Crippen molar-refractivity contribution < 1.29 is 0 Å². The maximum atomic E-state index is 12.2. The average molecular weight is 427 g/mol. The summed E-state index contributed by atoms with van der Waals surface area (Å²) < 4.78 is 0. The van der Waals surface area contributed by atoms with Crippen LogP contribution in [0.15, 0.2) is 46.3 Å². The Kier molecular flexibility index (Phi) is 5.99. The van der Waals surface area contributed by atoms with Crippen molar-refractivity contribution in [1.29, 1.82) is 0 Å². The number of aromatic nitrogens is 2. The van der Waals surface area contributed by atoms with E-state index in [1.165, 1.54) is 6.20 Å². The number of para-hydroxylation sites is 1. The van der Waals surface area contributed by atoms with Crippen molar-refractivity contribution in [3.8, 4) is 0 Å². The maximum Gasteiger partial charge on any atom is 0.273 e. The highest BCUT2D eigenvalue weighted by molar-refractivity contribution is 6.39. The van der Waals surface area contributed by atoms with E-state index in [0.29, 0.717) is 43.9 Å². The largest absolute Gasteiger partial charge is 0.404 e. The summed E-state index contributed by atoms with van der Waals surface area (Å²) in [6.45, 7) is 7.58. The van der Waals surface area contributed by atoms with E-state index in [4.69, 9.17) is 41.2 Å². The predicted octanol–water partition coefficient (Wildman–Crippen LogP) is 3.66. The zero-order chi connectivity index (χ0) is 21.1. The van der Waals surface area contributed by atoms with Gasteiger partial charge >= 0.3 is 0 Å². The monoisotopic (exact) mass is 426 g/mol. The minimum absolute atomic E-state index is 0.111. The molecule has 3 rings (SSSR count). The molecule has 1 aromatic heterocycles. The van der Waals surface area contributed by atoms with E-state index in [9.17, 15) is 4.79 Å². The number of hydrogen-bond donors (Lipinski definition) is 3. The molecule has 0 unspecified atom stereocenters. The Balaban J connectivity index is 2.29. The van der Waals surface area contributed by atoms with Gasteiger partial charge in [-0.3, -0.25) is 9.79 Å². The van der Waals surface area contributed by atoms with Crippen molar-refractivity contribution in [3.05, 3.63) is 85.2 Å². The van der Waals surface area contributed by atoms with Gasteiger partial charge in [0.1, 0.15) is 0 Å². The van der Waals surface area contributed by atoms with Gasteiger partial charge in [0.05, 0.1) is 28.4 Å². The summed E-state index contributed by atoms with van der Waals surface area (Å²) in [5, 5.41) is 7.74. The van der Waals surface area contributed by atoms with Crippen LogP contribution in [-0.2, 0) is 6.54 Å². The molecule has 0 radical (unpaired) electrons. The zero-order valence-electron chi connectivity index (χ0n) is 15.3. The summed E-state index contributed by atoms with van der Waals surface area (Å²) in [6, 6.07) is 8.46. The third-order valence-corrected chi connectivity index (χ3v) is 5.03. The number of aliphatic imine (C=N–C) groups is 1. The fourth-order valence-electron chi connectivity index (χ4n) is 3.13. The maximum absolute atomic E-state index is 12.2. The first-order valence-electron chi connectivity index (χ1n) is 8.43. The molecule has 0 saturated carbocycles. The molecule has 1 heterocycles. The van der Waals surface area contributed by atoms with Gasteiger partial charge in [-0.1, -0.05) is 41.4 Å². The molecule has 0 aliphatic rings. The third kappa shape index (κ3) is 3.61.